The van der Waals surface area contributed by atoms with Crippen LogP contribution in [0.25, 0.3) is 11.1 Å². The number of hydrogen-bond acceptors (Lipinski definition) is 27. The Labute approximate surface area is 852 Å². The Morgan fingerprint density at radius 3 is 1.07 bits per heavy atom. The number of carbonyl (C=O) groups is 14. The fraction of sp³-hybridized carbons (Fsp3) is 0.405. The van der Waals surface area contributed by atoms with Crippen LogP contribution in [-0.4, -0.2) is 246 Å². The first-order valence-corrected chi connectivity index (χ1v) is 49.6. The fourth-order valence-electron chi connectivity index (χ4n) is 18.6. The van der Waals surface area contributed by atoms with Crippen LogP contribution in [-0.2, 0) is 54.4 Å². The first-order chi connectivity index (χ1) is 70.6. The van der Waals surface area contributed by atoms with E-state index in [-0.39, 0.29) is 145 Å². The molecule has 10 aliphatic rings. The highest BCUT2D eigenvalue weighted by molar-refractivity contribution is 6.14. The molecule has 36 nitrogen and oxygen atoms in total. The minimum Gasteiger partial charge on any atom is -0.493 e. The van der Waals surface area contributed by atoms with Gasteiger partial charge in [0.25, 0.3) is 47.3 Å². The van der Waals surface area contributed by atoms with Gasteiger partial charge in [-0.2, -0.15) is 0 Å². The number of aliphatic carboxylic acids is 1. The van der Waals surface area contributed by atoms with E-state index in [9.17, 15) is 67.1 Å². The van der Waals surface area contributed by atoms with Crippen molar-refractivity contribution in [2.75, 3.05) is 73.7 Å². The zero-order chi connectivity index (χ0) is 105. The van der Waals surface area contributed by atoms with Crippen LogP contribution in [0.3, 0.4) is 0 Å². The summed E-state index contributed by atoms with van der Waals surface area (Å²) in [6, 6.07) is 26.2. The van der Waals surface area contributed by atoms with Crippen LogP contribution < -0.4 is 54.3 Å². The molecule has 10 amide bonds. The molecule has 0 bridgehead atoms. The second kappa shape index (κ2) is 48.7. The number of imide groups is 2. The van der Waals surface area contributed by atoms with Gasteiger partial charge in [0, 0.05) is 187 Å². The zero-order valence-corrected chi connectivity index (χ0v) is 84.7. The van der Waals surface area contributed by atoms with Gasteiger partial charge in [-0.25, -0.2) is 0 Å². The number of nitrogens with two attached hydrogens (primary N) is 1. The summed E-state index contributed by atoms with van der Waals surface area (Å²) in [6.07, 6.45) is 27.8. The smallest absolute Gasteiger partial charge is 0.325 e. The third kappa shape index (κ3) is 26.1. The number of nitrogens with one attached hydrogen (secondary N) is 2. The summed E-state index contributed by atoms with van der Waals surface area (Å²) in [5, 5.41) is 14.1. The van der Waals surface area contributed by atoms with Crippen LogP contribution in [0.1, 0.15) is 216 Å². The molecule has 0 saturated heterocycles. The van der Waals surface area contributed by atoms with Crippen LogP contribution in [0.4, 0.5) is 28.4 Å². The van der Waals surface area contributed by atoms with Gasteiger partial charge in [0.05, 0.1) is 130 Å². The molecule has 16 rings (SSSR count). The SMILES string of the molecule is CC(C)[C@H](CC(=O)CCCCCN1C(=O)C=CC1=O)C(=O)N[C@@H](C)C(=O)O.COc1cc2c(cc1OCCCOc1cc3c(cc1OC)C(=O)N1C=C(c4cccc(CC(=O)[C@H](C)NC(=O)[C@@H](CC(=O)CCCCCN5C(=O)C=CC5=O)C(C)C)c4)C[C@H]1C=N3)N=C[C@@H]1CC(C)=CN1C2=O.COc1cc2c(cc1OCCCOc1cc3c(cc1OC)C(=O)N1C=C(c4cccc(N)c4)C[C@H]1C=N3)N=C[C@@H]1CC(C)=CN1C2=O. The number of nitrogen functional groups attached to an aromatic ring is 1. The van der Waals surface area contributed by atoms with Crippen molar-refractivity contribution in [2.45, 2.75) is 201 Å². The molecule has 36 heteroatoms. The number of benzene rings is 6. The molecular weight excluding hydrogens is 1880 g/mol. The Bertz CT molecular complexity index is 6440. The number of amides is 10. The summed E-state index contributed by atoms with van der Waals surface area (Å²) >= 11 is 0. The highest BCUT2D eigenvalue weighted by Gasteiger charge is 2.40. The van der Waals surface area contributed by atoms with Gasteiger partial charge in [-0.15, -0.1) is 0 Å². The molecule has 10 aliphatic heterocycles. The number of ether oxygens (including phenoxy) is 8. The predicted octanol–water partition coefficient (Wildman–Crippen LogP) is 14.9. The summed E-state index contributed by atoms with van der Waals surface area (Å²) in [6.45, 7) is 16.3. The highest BCUT2D eigenvalue weighted by atomic mass is 16.5. The minimum atomic E-state index is -1.12. The molecule has 6 aromatic rings. The molecule has 0 saturated carbocycles. The van der Waals surface area contributed by atoms with Gasteiger partial charge < -0.3 is 79.0 Å². The monoisotopic (exact) mass is 2010 g/mol. The Morgan fingerprint density at radius 1 is 0.401 bits per heavy atom. The molecular formula is C111H125N13O23. The maximum Gasteiger partial charge on any atom is 0.325 e. The number of carbonyl (C=O) groups excluding carboxylic acids is 13. The maximum atomic E-state index is 14.1. The summed E-state index contributed by atoms with van der Waals surface area (Å²) in [7, 11) is 6.12. The topological polar surface area (TPSA) is 452 Å². The number of rotatable bonds is 44. The second-order valence-corrected chi connectivity index (χ2v) is 38.4. The van der Waals surface area contributed by atoms with Crippen LogP contribution in [0, 0.1) is 23.7 Å². The number of Topliss-reactive ketones (excluding diaryl/α,β-unsaturated/α-hetero) is 3. The Hall–Kier alpha value is -15.8. The number of anilines is 1. The molecule has 0 aromatic heterocycles. The van der Waals surface area contributed by atoms with E-state index in [1.807, 2.05) is 121 Å². The molecule has 0 fully saturated rings. The van der Waals surface area contributed by atoms with Gasteiger partial charge in [-0.1, -0.05) is 88.1 Å². The molecule has 0 unspecified atom stereocenters. The number of ketones is 3. The van der Waals surface area contributed by atoms with Crippen molar-refractivity contribution in [1.29, 1.82) is 0 Å². The van der Waals surface area contributed by atoms with E-state index in [4.69, 9.17) is 53.7 Å². The van der Waals surface area contributed by atoms with Crippen molar-refractivity contribution in [1.82, 2.24) is 40.0 Å². The molecule has 0 spiro atoms. The van der Waals surface area contributed by atoms with E-state index in [0.717, 1.165) is 51.8 Å². The summed E-state index contributed by atoms with van der Waals surface area (Å²) in [4.78, 5) is 204. The molecule has 0 aliphatic carbocycles. The highest BCUT2D eigenvalue weighted by Crippen LogP contribution is 2.46. The van der Waals surface area contributed by atoms with E-state index < -0.39 is 35.8 Å². The van der Waals surface area contributed by atoms with Crippen molar-refractivity contribution in [3.8, 4) is 46.0 Å². The number of carboxylic acid groups (broad SMARTS) is 1. The van der Waals surface area contributed by atoms with E-state index in [2.05, 4.69) is 25.6 Å². The van der Waals surface area contributed by atoms with Gasteiger partial charge in [0.2, 0.25) is 11.8 Å². The summed E-state index contributed by atoms with van der Waals surface area (Å²) < 4.78 is 46.8. The number of aliphatic imine (C=N–C) groups is 4. The molecule has 0 radical (unpaired) electrons. The van der Waals surface area contributed by atoms with Crippen LogP contribution in [0.5, 0.6) is 46.0 Å². The van der Waals surface area contributed by atoms with Crippen molar-refractivity contribution in [3.63, 3.8) is 0 Å². The van der Waals surface area contributed by atoms with E-state index in [1.165, 1.54) is 62.4 Å². The Balaban J connectivity index is 0.000000196. The van der Waals surface area contributed by atoms with Crippen LogP contribution >= 0.6 is 0 Å². The molecule has 147 heavy (non-hydrogen) atoms. The second-order valence-electron chi connectivity index (χ2n) is 38.4. The predicted molar refractivity (Wildman–Crippen MR) is 551 cm³/mol. The van der Waals surface area contributed by atoms with Crippen molar-refractivity contribution in [2.24, 2.45) is 43.6 Å². The van der Waals surface area contributed by atoms with Crippen LogP contribution in [0.15, 0.2) is 177 Å². The third-order valence-corrected chi connectivity index (χ3v) is 27.0. The van der Waals surface area contributed by atoms with Gasteiger partial charge >= 0.3 is 5.97 Å². The van der Waals surface area contributed by atoms with Crippen LogP contribution in [0.2, 0.25) is 0 Å². The van der Waals surface area contributed by atoms with E-state index in [0.29, 0.717) is 194 Å². The lowest BCUT2D eigenvalue weighted by Crippen LogP contribution is -2.44. The van der Waals surface area contributed by atoms with Crippen molar-refractivity contribution >= 4 is 147 Å². The van der Waals surface area contributed by atoms with Gasteiger partial charge in [-0.3, -0.25) is 96.9 Å². The minimum absolute atomic E-state index is 0.0510. The lowest BCUT2D eigenvalue weighted by Gasteiger charge is -2.22. The average Bonchev–Trinajstić information content (AvgIpc) is 1.66. The largest absolute Gasteiger partial charge is 0.493 e. The number of nitrogens with zero attached hydrogens (tertiary/aromatic N) is 10. The molecule has 10 heterocycles. The van der Waals surface area contributed by atoms with Gasteiger partial charge in [0.1, 0.15) is 17.6 Å². The number of hydrogen-bond donors (Lipinski definition) is 4. The zero-order valence-electron chi connectivity index (χ0n) is 84.7. The Kier molecular flexibility index (Phi) is 35.5. The maximum absolute atomic E-state index is 14.1. The lowest BCUT2D eigenvalue weighted by molar-refractivity contribution is -0.142. The van der Waals surface area contributed by atoms with Gasteiger partial charge in [0.15, 0.2) is 51.8 Å². The van der Waals surface area contributed by atoms with Crippen molar-refractivity contribution < 1.29 is 110 Å². The number of methoxy groups -OCH3 is 4. The average molecular weight is 2010 g/mol. The standard InChI is InChI=1S/C56H62N6O11.C36H35N5O6.C19H28N2O6/c1-33(2)42(24-41(63)14-8-7-9-17-60-52(65)15-16-53(60)66)54(67)59-35(4)47(64)22-36-12-10-13-37(21-36)38-23-40-30-58-46-28-51(49(71-6)26-44(46)56(69)62(40)32-38)73-19-11-18-72-50-27-45-43(25-48(50)70-5)55(68)61-31-34(3)20-39(61)29-57-45;1-21-10-25-17-38-29-15-33(31(44-2)13-27(29)35(42)40(25)19-21)46-8-5-9-47-34-16-30-28(14-32(34)45-3)36(43)41-20-23(12-26(41)18-39-30)22-6-4-7-24(37)11-22;1-12(2)15(18(25)20-13(3)19(26)27)11-14(22)7-5-4-6-10-21-16(23)8-9-17(21)24/h10,12-13,15-16,21,25-33,35,39-40,42H,7-9,11,14,17-20,22-24H2,1-6H3,(H,59,67);4,6-7,11,13-20,25-26H,5,8-10,12,37H2,1-3H3;8-9,12-13,15H,4-7,10-11H2,1-3H3,(H,20,25)(H,26,27)/t35-,39-,40-,42-;25-,26-;13-,15-/m000/s1. The fourth-order valence-corrected chi connectivity index (χ4v) is 18.6. The van der Waals surface area contributed by atoms with E-state index >= 15 is 0 Å². The number of carboxylic acids is 1. The first kappa shape index (κ1) is 107. The van der Waals surface area contributed by atoms with Crippen molar-refractivity contribution in [3.05, 3.63) is 196 Å². The normalized spacial score (nSPS) is 18.2. The third-order valence-electron chi connectivity index (χ3n) is 27.0. The Morgan fingerprint density at radius 2 is 0.735 bits per heavy atom. The summed E-state index contributed by atoms with van der Waals surface area (Å²) in [5.74, 6) is -1.95. The first-order valence-electron chi connectivity index (χ1n) is 49.6. The summed E-state index contributed by atoms with van der Waals surface area (Å²) in [5.41, 5.74) is 17.2. The number of fused-ring (bicyclic) bond motifs is 8. The number of unbranched alkanes of at least 4 members (excludes halogenated alkanes) is 4. The molecule has 6 aromatic carbocycles. The molecule has 772 valence electrons. The molecule has 5 N–H and O–H groups in total. The van der Waals surface area contributed by atoms with E-state index in [1.54, 1.807) is 101 Å². The lowest BCUT2D eigenvalue weighted by atomic mass is 9.88. The van der Waals surface area contributed by atoms with Gasteiger partial charge in [-0.05, 0) is 142 Å². The quantitative estimate of drug-likeness (QED) is 0.0157. The molecule has 8 atom stereocenters.